The number of carbonyl (C=O) groups is 3. The second kappa shape index (κ2) is 4.67. The predicted molar refractivity (Wildman–Crippen MR) is 59.1 cm³/mol. The maximum Gasteiger partial charge on any atom is 0.507 e. The fourth-order valence-corrected chi connectivity index (χ4v) is 2.17. The summed E-state index contributed by atoms with van der Waals surface area (Å²) >= 11 is 0. The molecular formula is C11H14N2O5. The molecule has 2 fully saturated rings. The molecule has 2 rings (SSSR count). The summed E-state index contributed by atoms with van der Waals surface area (Å²) in [6.45, 7) is 4.02. The lowest BCUT2D eigenvalue weighted by atomic mass is 10.1. The number of fused-ring (bicyclic) bond motifs is 1. The van der Waals surface area contributed by atoms with Crippen LogP contribution >= 0.6 is 0 Å². The van der Waals surface area contributed by atoms with E-state index in [9.17, 15) is 14.4 Å². The smallest absolute Gasteiger partial charge is 0.450 e. The van der Waals surface area contributed by atoms with Crippen molar-refractivity contribution in [3.8, 4) is 0 Å². The van der Waals surface area contributed by atoms with E-state index in [-0.39, 0.29) is 12.3 Å². The van der Waals surface area contributed by atoms with Gasteiger partial charge in [0.15, 0.2) is 6.23 Å². The van der Waals surface area contributed by atoms with E-state index in [2.05, 4.69) is 11.3 Å². The van der Waals surface area contributed by atoms with Crippen LogP contribution in [0.15, 0.2) is 12.2 Å². The minimum absolute atomic E-state index is 0.208. The number of hydrazine groups is 1. The minimum atomic E-state index is -1.46. The van der Waals surface area contributed by atoms with Crippen molar-refractivity contribution in [3.63, 3.8) is 0 Å². The van der Waals surface area contributed by atoms with Gasteiger partial charge in [-0.05, 0) is 12.8 Å². The molecule has 1 atom stereocenters. The predicted octanol–water partition coefficient (Wildman–Crippen LogP) is 0.723. The molecule has 0 radical (unpaired) electrons. The van der Waals surface area contributed by atoms with E-state index in [1.165, 1.54) is 5.01 Å². The molecule has 0 spiro atoms. The molecule has 1 N–H and O–H groups in total. The molecule has 2 amide bonds. The SMILES string of the molecule is C=C1CCC(=O)N2CCC[C@H](OC(=O)O)N2C1=O. The molecule has 0 aromatic carbocycles. The lowest BCUT2D eigenvalue weighted by Gasteiger charge is -2.41. The van der Waals surface area contributed by atoms with Crippen LogP contribution in [0.4, 0.5) is 4.79 Å². The summed E-state index contributed by atoms with van der Waals surface area (Å²) in [4.78, 5) is 34.5. The van der Waals surface area contributed by atoms with Gasteiger partial charge in [-0.3, -0.25) is 9.59 Å². The summed E-state index contributed by atoms with van der Waals surface area (Å²) < 4.78 is 4.67. The topological polar surface area (TPSA) is 87.2 Å². The lowest BCUT2D eigenvalue weighted by Crippen LogP contribution is -2.58. The van der Waals surface area contributed by atoms with Crippen LogP contribution in [0, 0.1) is 0 Å². The molecule has 7 heteroatoms. The largest absolute Gasteiger partial charge is 0.507 e. The summed E-state index contributed by atoms with van der Waals surface area (Å²) in [5, 5.41) is 11.0. The number of amides is 2. The zero-order valence-electron chi connectivity index (χ0n) is 9.79. The molecule has 2 heterocycles. The van der Waals surface area contributed by atoms with Gasteiger partial charge in [-0.2, -0.15) is 0 Å². The minimum Gasteiger partial charge on any atom is -0.450 e. The van der Waals surface area contributed by atoms with Crippen molar-refractivity contribution in [1.29, 1.82) is 0 Å². The van der Waals surface area contributed by atoms with Crippen molar-refractivity contribution in [3.05, 3.63) is 12.2 Å². The van der Waals surface area contributed by atoms with E-state index in [4.69, 9.17) is 5.11 Å². The molecule has 0 aromatic rings. The highest BCUT2D eigenvalue weighted by Crippen LogP contribution is 2.26. The Morgan fingerprint density at radius 3 is 2.78 bits per heavy atom. The number of carbonyl (C=O) groups excluding carboxylic acids is 2. The maximum atomic E-state index is 12.1. The average Bonchev–Trinajstić information content (AvgIpc) is 2.42. The molecule has 0 bridgehead atoms. The number of hydrogen-bond acceptors (Lipinski definition) is 4. The first kappa shape index (κ1) is 12.4. The highest BCUT2D eigenvalue weighted by molar-refractivity contribution is 5.96. The van der Waals surface area contributed by atoms with Crippen LogP contribution in [0.5, 0.6) is 0 Å². The van der Waals surface area contributed by atoms with Crippen molar-refractivity contribution >= 4 is 18.0 Å². The van der Waals surface area contributed by atoms with E-state index in [0.717, 1.165) is 5.01 Å². The van der Waals surface area contributed by atoms with Gasteiger partial charge >= 0.3 is 6.16 Å². The van der Waals surface area contributed by atoms with Crippen LogP contribution in [-0.4, -0.2) is 45.9 Å². The van der Waals surface area contributed by atoms with Crippen LogP contribution in [0.3, 0.4) is 0 Å². The van der Waals surface area contributed by atoms with Crippen molar-refractivity contribution in [2.75, 3.05) is 6.54 Å². The second-order valence-corrected chi connectivity index (χ2v) is 4.25. The molecule has 7 nitrogen and oxygen atoms in total. The third-order valence-corrected chi connectivity index (χ3v) is 3.03. The van der Waals surface area contributed by atoms with Gasteiger partial charge in [-0.1, -0.05) is 6.58 Å². The normalized spacial score (nSPS) is 24.7. The molecular weight excluding hydrogens is 240 g/mol. The Kier molecular flexibility index (Phi) is 3.22. The van der Waals surface area contributed by atoms with Gasteiger partial charge in [-0.15, -0.1) is 0 Å². The Labute approximate surface area is 104 Å². The third-order valence-electron chi connectivity index (χ3n) is 3.03. The monoisotopic (exact) mass is 254 g/mol. The molecule has 0 saturated carbocycles. The molecule has 2 aliphatic rings. The lowest BCUT2D eigenvalue weighted by molar-refractivity contribution is -0.193. The quantitative estimate of drug-likeness (QED) is 0.550. The van der Waals surface area contributed by atoms with Crippen LogP contribution in [-0.2, 0) is 14.3 Å². The highest BCUT2D eigenvalue weighted by Gasteiger charge is 2.40. The summed E-state index contributed by atoms with van der Waals surface area (Å²) in [6, 6.07) is 0. The number of rotatable bonds is 1. The first-order valence-electron chi connectivity index (χ1n) is 5.72. The number of carboxylic acid groups (broad SMARTS) is 1. The zero-order chi connectivity index (χ0) is 13.3. The Bertz CT molecular complexity index is 420. The van der Waals surface area contributed by atoms with Gasteiger partial charge in [0.1, 0.15) is 0 Å². The molecule has 2 saturated heterocycles. The summed E-state index contributed by atoms with van der Waals surface area (Å²) in [5.74, 6) is -0.646. The van der Waals surface area contributed by atoms with Gasteiger partial charge in [0.05, 0.1) is 0 Å². The first-order chi connectivity index (χ1) is 8.50. The Hall–Kier alpha value is -2.05. The summed E-state index contributed by atoms with van der Waals surface area (Å²) in [5.41, 5.74) is 0.298. The number of hydrogen-bond donors (Lipinski definition) is 1. The Morgan fingerprint density at radius 1 is 1.39 bits per heavy atom. The summed E-state index contributed by atoms with van der Waals surface area (Å²) in [7, 11) is 0. The zero-order valence-corrected chi connectivity index (χ0v) is 9.79. The fourth-order valence-electron chi connectivity index (χ4n) is 2.17. The van der Waals surface area contributed by atoms with Gasteiger partial charge < -0.3 is 9.84 Å². The van der Waals surface area contributed by atoms with E-state index in [1.807, 2.05) is 0 Å². The van der Waals surface area contributed by atoms with E-state index in [0.29, 0.717) is 31.4 Å². The molecule has 0 aliphatic carbocycles. The van der Waals surface area contributed by atoms with Crippen LogP contribution in [0.2, 0.25) is 0 Å². The van der Waals surface area contributed by atoms with E-state index < -0.39 is 18.3 Å². The highest BCUT2D eigenvalue weighted by atomic mass is 16.7. The molecule has 98 valence electrons. The van der Waals surface area contributed by atoms with Gasteiger partial charge in [-0.25, -0.2) is 14.8 Å². The Balaban J connectivity index is 2.29. The second-order valence-electron chi connectivity index (χ2n) is 4.25. The van der Waals surface area contributed by atoms with Crippen LogP contribution in [0.25, 0.3) is 0 Å². The average molecular weight is 254 g/mol. The number of nitrogens with zero attached hydrogens (tertiary/aromatic N) is 2. The maximum absolute atomic E-state index is 12.1. The van der Waals surface area contributed by atoms with E-state index >= 15 is 0 Å². The van der Waals surface area contributed by atoms with Crippen LogP contribution < -0.4 is 0 Å². The van der Waals surface area contributed by atoms with E-state index in [1.54, 1.807) is 0 Å². The van der Waals surface area contributed by atoms with Crippen molar-refractivity contribution in [1.82, 2.24) is 10.0 Å². The molecule has 0 aromatic heterocycles. The van der Waals surface area contributed by atoms with Gasteiger partial charge in [0.2, 0.25) is 5.91 Å². The molecule has 18 heavy (non-hydrogen) atoms. The van der Waals surface area contributed by atoms with Crippen molar-refractivity contribution in [2.24, 2.45) is 0 Å². The fraction of sp³-hybridized carbons (Fsp3) is 0.545. The standard InChI is InChI=1S/C11H14N2O5/c1-7-4-5-8(14)12-6-2-3-9(18-11(16)17)13(12)10(7)15/h9H,1-6H2,(H,16,17)/t9-/m0/s1. The summed E-state index contributed by atoms with van der Waals surface area (Å²) in [6.07, 6.45) is -0.917. The third kappa shape index (κ3) is 2.15. The first-order valence-corrected chi connectivity index (χ1v) is 5.72. The molecule has 2 aliphatic heterocycles. The number of ether oxygens (including phenoxy) is 1. The van der Waals surface area contributed by atoms with Crippen molar-refractivity contribution < 1.29 is 24.2 Å². The van der Waals surface area contributed by atoms with Gasteiger partial charge in [0, 0.05) is 25.0 Å². The van der Waals surface area contributed by atoms with Gasteiger partial charge in [0.25, 0.3) is 5.91 Å². The van der Waals surface area contributed by atoms with Crippen LogP contribution in [0.1, 0.15) is 25.7 Å². The van der Waals surface area contributed by atoms with Crippen molar-refractivity contribution in [2.45, 2.75) is 31.9 Å². The Morgan fingerprint density at radius 2 is 2.11 bits per heavy atom. The molecule has 0 unspecified atom stereocenters.